The van der Waals surface area contributed by atoms with Gasteiger partial charge in [0.1, 0.15) is 0 Å². The fraction of sp³-hybridized carbons (Fsp3) is 0.360. The molecular weight excluding hydrogens is 374 g/mol. The zero-order chi connectivity index (χ0) is 22.2. The van der Waals surface area contributed by atoms with Gasteiger partial charge in [-0.2, -0.15) is 0 Å². The summed E-state index contributed by atoms with van der Waals surface area (Å²) in [6, 6.07) is 13.2. The predicted octanol–water partition coefficient (Wildman–Crippen LogP) is 5.13. The number of amides is 1. The molecule has 0 fully saturated rings. The Morgan fingerprint density at radius 3 is 2.30 bits per heavy atom. The van der Waals surface area contributed by atoms with Crippen molar-refractivity contribution in [3.8, 4) is 0 Å². The lowest BCUT2D eigenvalue weighted by molar-refractivity contribution is 0.0994. The smallest absolute Gasteiger partial charge is 0.260 e. The fourth-order valence-corrected chi connectivity index (χ4v) is 3.84. The van der Waals surface area contributed by atoms with Crippen LogP contribution in [-0.4, -0.2) is 17.5 Å². The highest BCUT2D eigenvalue weighted by Crippen LogP contribution is 2.29. The number of rotatable bonds is 5. The molecule has 3 aromatic rings. The van der Waals surface area contributed by atoms with E-state index in [1.54, 1.807) is 28.6 Å². The van der Waals surface area contributed by atoms with E-state index in [0.717, 1.165) is 27.7 Å². The average molecular weight is 406 g/mol. The van der Waals surface area contributed by atoms with Gasteiger partial charge in [-0.15, -0.1) is 0 Å². The molecule has 5 heteroatoms. The topological polar surface area (TPSA) is 68.3 Å². The zero-order valence-electron chi connectivity index (χ0n) is 18.7. The van der Waals surface area contributed by atoms with E-state index in [-0.39, 0.29) is 17.4 Å². The Morgan fingerprint density at radius 2 is 1.73 bits per heavy atom. The van der Waals surface area contributed by atoms with Crippen LogP contribution in [0, 0.1) is 0 Å². The number of aryl methyl sites for hydroxylation is 1. The molecule has 0 aliphatic rings. The number of nitrogens with two attached hydrogens (primary N) is 1. The standard InChI is InChI=1S/C25H31N3O2/c1-7-28-23-11-9-18(13-21(23)20(16(4)5)14-24(28)29)27(6)25(30)19-10-8-17(15(2)3)12-22(19)26/h8-16H,7,26H2,1-6H3. The molecule has 0 unspecified atom stereocenters. The molecule has 0 saturated carbocycles. The monoisotopic (exact) mass is 405 g/mol. The van der Waals surface area contributed by atoms with Gasteiger partial charge in [0.2, 0.25) is 0 Å². The Morgan fingerprint density at radius 1 is 1.03 bits per heavy atom. The summed E-state index contributed by atoms with van der Waals surface area (Å²) in [5.41, 5.74) is 10.9. The predicted molar refractivity (Wildman–Crippen MR) is 126 cm³/mol. The van der Waals surface area contributed by atoms with Crippen LogP contribution in [0.2, 0.25) is 0 Å². The second-order valence-electron chi connectivity index (χ2n) is 8.40. The lowest BCUT2D eigenvalue weighted by Crippen LogP contribution is -2.27. The number of anilines is 2. The molecule has 0 radical (unpaired) electrons. The van der Waals surface area contributed by atoms with Gasteiger partial charge in [0.05, 0.1) is 11.1 Å². The zero-order valence-corrected chi connectivity index (χ0v) is 18.7. The maximum Gasteiger partial charge on any atom is 0.260 e. The lowest BCUT2D eigenvalue weighted by Gasteiger charge is -2.21. The summed E-state index contributed by atoms with van der Waals surface area (Å²) in [6.07, 6.45) is 0. The lowest BCUT2D eigenvalue weighted by atomic mass is 9.97. The van der Waals surface area contributed by atoms with E-state index in [1.165, 1.54) is 0 Å². The SMILES string of the molecule is CCn1c(=O)cc(C(C)C)c2cc(N(C)C(=O)c3ccc(C(C)C)cc3N)ccc21. The summed E-state index contributed by atoms with van der Waals surface area (Å²) in [7, 11) is 1.75. The van der Waals surface area contributed by atoms with Crippen molar-refractivity contribution >= 4 is 28.2 Å². The third kappa shape index (κ3) is 3.84. The van der Waals surface area contributed by atoms with Crippen LogP contribution in [0.3, 0.4) is 0 Å². The van der Waals surface area contributed by atoms with Gasteiger partial charge in [0.25, 0.3) is 11.5 Å². The number of nitrogens with zero attached hydrogens (tertiary/aromatic N) is 2. The maximum atomic E-state index is 13.2. The molecule has 0 spiro atoms. The number of nitrogen functional groups attached to an aromatic ring is 1. The quantitative estimate of drug-likeness (QED) is 0.599. The van der Waals surface area contributed by atoms with Gasteiger partial charge in [-0.3, -0.25) is 9.59 Å². The molecule has 0 aliphatic carbocycles. The molecule has 30 heavy (non-hydrogen) atoms. The number of aromatic nitrogens is 1. The summed E-state index contributed by atoms with van der Waals surface area (Å²) < 4.78 is 1.76. The van der Waals surface area contributed by atoms with E-state index in [2.05, 4.69) is 27.7 Å². The fourth-order valence-electron chi connectivity index (χ4n) is 3.84. The van der Waals surface area contributed by atoms with Crippen LogP contribution in [-0.2, 0) is 6.54 Å². The Kier molecular flexibility index (Phi) is 6.01. The van der Waals surface area contributed by atoms with Gasteiger partial charge in [-0.05, 0) is 60.2 Å². The second-order valence-corrected chi connectivity index (χ2v) is 8.40. The summed E-state index contributed by atoms with van der Waals surface area (Å²) in [5.74, 6) is 0.388. The van der Waals surface area contributed by atoms with Gasteiger partial charge in [-0.25, -0.2) is 0 Å². The molecule has 1 aromatic heterocycles. The van der Waals surface area contributed by atoms with Crippen LogP contribution in [0.25, 0.3) is 10.9 Å². The number of benzene rings is 2. The summed E-state index contributed by atoms with van der Waals surface area (Å²) in [4.78, 5) is 27.3. The van der Waals surface area contributed by atoms with E-state index >= 15 is 0 Å². The number of carbonyl (C=O) groups is 1. The first kappa shape index (κ1) is 21.6. The molecule has 1 heterocycles. The maximum absolute atomic E-state index is 13.2. The van der Waals surface area contributed by atoms with E-state index in [1.807, 2.05) is 37.3 Å². The van der Waals surface area contributed by atoms with Crippen molar-refractivity contribution in [2.75, 3.05) is 17.7 Å². The minimum atomic E-state index is -0.155. The van der Waals surface area contributed by atoms with E-state index < -0.39 is 0 Å². The van der Waals surface area contributed by atoms with Gasteiger partial charge >= 0.3 is 0 Å². The van der Waals surface area contributed by atoms with Gasteiger partial charge in [0.15, 0.2) is 0 Å². The molecule has 1 amide bonds. The van der Waals surface area contributed by atoms with Gasteiger partial charge < -0.3 is 15.2 Å². The minimum Gasteiger partial charge on any atom is -0.398 e. The summed E-state index contributed by atoms with van der Waals surface area (Å²) in [5, 5.41) is 0.992. The molecule has 5 nitrogen and oxygen atoms in total. The minimum absolute atomic E-state index is 0.00361. The first-order valence-corrected chi connectivity index (χ1v) is 10.5. The highest BCUT2D eigenvalue weighted by Gasteiger charge is 2.19. The second kappa shape index (κ2) is 8.34. The number of pyridine rings is 1. The molecule has 0 atom stereocenters. The van der Waals surface area contributed by atoms with E-state index in [9.17, 15) is 9.59 Å². The Bertz CT molecular complexity index is 1160. The molecule has 2 aromatic carbocycles. The number of carbonyl (C=O) groups excluding carboxylic acids is 1. The van der Waals surface area contributed by atoms with Crippen LogP contribution < -0.4 is 16.2 Å². The first-order chi connectivity index (χ1) is 14.1. The van der Waals surface area contributed by atoms with Gasteiger partial charge in [-0.1, -0.05) is 33.8 Å². The van der Waals surface area contributed by atoms with Crippen LogP contribution >= 0.6 is 0 Å². The molecule has 3 rings (SSSR count). The molecular formula is C25H31N3O2. The normalized spacial score (nSPS) is 11.5. The van der Waals surface area contributed by atoms with Crippen molar-refractivity contribution in [1.29, 1.82) is 0 Å². The number of hydrogen-bond acceptors (Lipinski definition) is 3. The van der Waals surface area contributed by atoms with Crippen molar-refractivity contribution in [3.05, 3.63) is 69.5 Å². The number of fused-ring (bicyclic) bond motifs is 1. The summed E-state index contributed by atoms with van der Waals surface area (Å²) >= 11 is 0. The van der Waals surface area contributed by atoms with E-state index in [0.29, 0.717) is 23.7 Å². The van der Waals surface area contributed by atoms with Crippen molar-refractivity contribution < 1.29 is 4.79 Å². The molecule has 158 valence electrons. The third-order valence-corrected chi connectivity index (χ3v) is 5.73. The van der Waals surface area contributed by atoms with Crippen molar-refractivity contribution in [3.63, 3.8) is 0 Å². The highest BCUT2D eigenvalue weighted by atomic mass is 16.2. The highest BCUT2D eigenvalue weighted by molar-refractivity contribution is 6.09. The van der Waals surface area contributed by atoms with Crippen molar-refractivity contribution in [2.24, 2.45) is 0 Å². The van der Waals surface area contributed by atoms with Crippen molar-refractivity contribution in [1.82, 2.24) is 4.57 Å². The van der Waals surface area contributed by atoms with Crippen molar-refractivity contribution in [2.45, 2.75) is 53.0 Å². The molecule has 0 aliphatic heterocycles. The third-order valence-electron chi connectivity index (χ3n) is 5.73. The molecule has 0 saturated heterocycles. The van der Waals surface area contributed by atoms with Gasteiger partial charge in [0, 0.05) is 36.4 Å². The average Bonchev–Trinajstić information content (AvgIpc) is 2.71. The number of hydrogen-bond donors (Lipinski definition) is 1. The largest absolute Gasteiger partial charge is 0.398 e. The van der Waals surface area contributed by atoms with Crippen LogP contribution in [0.1, 0.15) is 67.9 Å². The summed E-state index contributed by atoms with van der Waals surface area (Å²) in [6.45, 7) is 10.9. The Hall–Kier alpha value is -3.08. The first-order valence-electron chi connectivity index (χ1n) is 10.5. The molecule has 0 bridgehead atoms. The van der Waals surface area contributed by atoms with Crippen LogP contribution in [0.15, 0.2) is 47.3 Å². The Balaban J connectivity index is 2.08. The van der Waals surface area contributed by atoms with E-state index in [4.69, 9.17) is 5.73 Å². The van der Waals surface area contributed by atoms with Crippen LogP contribution in [0.4, 0.5) is 11.4 Å². The van der Waals surface area contributed by atoms with Crippen LogP contribution in [0.5, 0.6) is 0 Å². The Labute approximate surface area is 178 Å². The molecule has 2 N–H and O–H groups in total.